The highest BCUT2D eigenvalue weighted by molar-refractivity contribution is 8.00. The molecule has 3 rings (SSSR count). The van der Waals surface area contributed by atoms with E-state index in [4.69, 9.17) is 10.6 Å². The van der Waals surface area contributed by atoms with Crippen LogP contribution in [0, 0.1) is 5.82 Å². The molecule has 1 unspecified atom stereocenters. The van der Waals surface area contributed by atoms with Gasteiger partial charge >= 0.3 is 0 Å². The number of halogens is 1. The van der Waals surface area contributed by atoms with Gasteiger partial charge in [0.05, 0.1) is 5.25 Å². The Hall–Kier alpha value is -3.07. The van der Waals surface area contributed by atoms with Crippen LogP contribution in [0.1, 0.15) is 43.6 Å². The highest BCUT2D eigenvalue weighted by Crippen LogP contribution is 2.24. The van der Waals surface area contributed by atoms with Gasteiger partial charge in [0.15, 0.2) is 5.82 Å². The fourth-order valence-electron chi connectivity index (χ4n) is 3.09. The molecule has 1 aromatic heterocycles. The first kappa shape index (κ1) is 23.6. The van der Waals surface area contributed by atoms with Crippen molar-refractivity contribution in [3.63, 3.8) is 0 Å². The maximum Gasteiger partial charge on any atom is 0.235 e. The number of ether oxygens (including phenoxy) is 1. The van der Waals surface area contributed by atoms with E-state index in [-0.39, 0.29) is 18.3 Å². The molecule has 170 valence electrons. The molecule has 9 heteroatoms. The van der Waals surface area contributed by atoms with Gasteiger partial charge in [0.1, 0.15) is 18.2 Å². The second kappa shape index (κ2) is 10.5. The normalized spacial score (nSPS) is 12.1. The first-order valence-electron chi connectivity index (χ1n) is 10.3. The molecule has 3 aromatic rings. The molecule has 1 atom stereocenters. The highest BCUT2D eigenvalue weighted by atomic mass is 32.2. The minimum absolute atomic E-state index is 0.120. The zero-order valence-corrected chi connectivity index (χ0v) is 19.5. The van der Waals surface area contributed by atoms with Crippen molar-refractivity contribution < 1.29 is 13.9 Å². The lowest BCUT2D eigenvalue weighted by atomic mass is 10.0. The molecule has 0 fully saturated rings. The molecule has 2 aromatic carbocycles. The van der Waals surface area contributed by atoms with E-state index >= 15 is 0 Å². The van der Waals surface area contributed by atoms with Crippen molar-refractivity contribution in [2.75, 3.05) is 12.9 Å². The van der Waals surface area contributed by atoms with Crippen molar-refractivity contribution in [2.24, 2.45) is 0 Å². The number of hydrogen-bond acceptors (Lipinski definition) is 6. The van der Waals surface area contributed by atoms with E-state index < -0.39 is 5.25 Å². The van der Waals surface area contributed by atoms with Crippen LogP contribution in [0.3, 0.4) is 0 Å². The van der Waals surface area contributed by atoms with Gasteiger partial charge in [-0.15, -0.1) is 10.2 Å². The average molecular weight is 458 g/mol. The number of nitrogens with zero attached hydrogens (tertiary/aromatic N) is 4. The molecule has 0 aliphatic carbocycles. The number of nitrogens with two attached hydrogens (primary N) is 1. The number of hydrogen-bond donors (Lipinski definition) is 1. The van der Waals surface area contributed by atoms with Crippen LogP contribution in [-0.4, -0.2) is 38.0 Å². The van der Waals surface area contributed by atoms with Gasteiger partial charge in [-0.3, -0.25) is 4.79 Å². The highest BCUT2D eigenvalue weighted by Gasteiger charge is 2.22. The fourth-order valence-corrected chi connectivity index (χ4v) is 3.99. The summed E-state index contributed by atoms with van der Waals surface area (Å²) in [6.45, 7) is 6.52. The van der Waals surface area contributed by atoms with Crippen LogP contribution >= 0.6 is 11.8 Å². The van der Waals surface area contributed by atoms with E-state index in [2.05, 4.69) is 24.0 Å². The summed E-state index contributed by atoms with van der Waals surface area (Å²) in [6, 6.07) is 14.1. The third kappa shape index (κ3) is 6.00. The molecule has 0 bridgehead atoms. The van der Waals surface area contributed by atoms with E-state index in [0.29, 0.717) is 29.2 Å². The van der Waals surface area contributed by atoms with Crippen molar-refractivity contribution in [1.29, 1.82) is 0 Å². The quantitative estimate of drug-likeness (QED) is 0.386. The van der Waals surface area contributed by atoms with E-state index in [0.717, 1.165) is 5.56 Å². The molecular formula is C23H28FN5O2S. The molecule has 1 amide bonds. The van der Waals surface area contributed by atoms with Gasteiger partial charge in [0.25, 0.3) is 0 Å². The van der Waals surface area contributed by atoms with Crippen molar-refractivity contribution >= 4 is 17.7 Å². The maximum atomic E-state index is 13.4. The third-order valence-corrected chi connectivity index (χ3v) is 6.01. The number of carbonyl (C=O) groups is 1. The smallest absolute Gasteiger partial charge is 0.235 e. The summed E-state index contributed by atoms with van der Waals surface area (Å²) in [4.78, 5) is 14.3. The number of benzene rings is 2. The molecule has 0 saturated heterocycles. The summed E-state index contributed by atoms with van der Waals surface area (Å²) in [5, 5.41) is 8.15. The molecule has 32 heavy (non-hydrogen) atoms. The summed E-state index contributed by atoms with van der Waals surface area (Å²) < 4.78 is 20.5. The first-order chi connectivity index (χ1) is 15.2. The number of rotatable bonds is 9. The Morgan fingerprint density at radius 2 is 1.91 bits per heavy atom. The second-order valence-electron chi connectivity index (χ2n) is 7.87. The summed E-state index contributed by atoms with van der Waals surface area (Å²) >= 11 is 1.21. The van der Waals surface area contributed by atoms with Gasteiger partial charge in [-0.25, -0.2) is 9.07 Å². The molecule has 1 heterocycles. The average Bonchev–Trinajstić information content (AvgIpc) is 3.11. The summed E-state index contributed by atoms with van der Waals surface area (Å²) in [5.74, 6) is 7.29. The fraction of sp³-hybridized carbons (Fsp3) is 0.348. The van der Waals surface area contributed by atoms with Crippen molar-refractivity contribution in [2.45, 2.75) is 50.2 Å². The van der Waals surface area contributed by atoms with Crippen LogP contribution in [0.2, 0.25) is 0 Å². The Morgan fingerprint density at radius 3 is 2.56 bits per heavy atom. The Labute approximate surface area is 191 Å². The van der Waals surface area contributed by atoms with Gasteiger partial charge in [-0.2, -0.15) is 0 Å². The number of amides is 1. The van der Waals surface area contributed by atoms with E-state index in [1.54, 1.807) is 31.0 Å². The van der Waals surface area contributed by atoms with Crippen LogP contribution in [0.5, 0.6) is 5.75 Å². The van der Waals surface area contributed by atoms with Gasteiger partial charge < -0.3 is 15.5 Å². The molecule has 0 radical (unpaired) electrons. The van der Waals surface area contributed by atoms with E-state index in [1.165, 1.54) is 34.1 Å². The largest absolute Gasteiger partial charge is 0.486 e. The predicted molar refractivity (Wildman–Crippen MR) is 123 cm³/mol. The van der Waals surface area contributed by atoms with Crippen LogP contribution in [0.15, 0.2) is 53.7 Å². The lowest BCUT2D eigenvalue weighted by Crippen LogP contribution is -2.33. The number of carbonyl (C=O) groups excluding carboxylic acids is 1. The van der Waals surface area contributed by atoms with Crippen LogP contribution in [0.25, 0.3) is 0 Å². The molecular weight excluding hydrogens is 429 g/mol. The maximum absolute atomic E-state index is 13.4. The Kier molecular flexibility index (Phi) is 7.74. The number of nitrogen functional groups attached to an aromatic ring is 1. The second-order valence-corrected chi connectivity index (χ2v) is 9.17. The van der Waals surface area contributed by atoms with Gasteiger partial charge in [0, 0.05) is 13.6 Å². The molecule has 7 nitrogen and oxygen atoms in total. The van der Waals surface area contributed by atoms with E-state index in [1.807, 2.05) is 24.3 Å². The summed E-state index contributed by atoms with van der Waals surface area (Å²) in [5.41, 5.74) is 1.96. The monoisotopic (exact) mass is 457 g/mol. The SMILES string of the molecule is CC(Sc1nnc(COc2ccc(C(C)C)cc2)n1N)C(=O)N(C)Cc1cccc(F)c1. The lowest BCUT2D eigenvalue weighted by molar-refractivity contribution is -0.129. The minimum Gasteiger partial charge on any atom is -0.486 e. The van der Waals surface area contributed by atoms with Crippen molar-refractivity contribution in [3.05, 3.63) is 71.3 Å². The topological polar surface area (TPSA) is 86.3 Å². The third-order valence-electron chi connectivity index (χ3n) is 4.96. The van der Waals surface area contributed by atoms with E-state index in [9.17, 15) is 9.18 Å². The van der Waals surface area contributed by atoms with Gasteiger partial charge in [0.2, 0.25) is 11.1 Å². The lowest BCUT2D eigenvalue weighted by Gasteiger charge is -2.21. The Morgan fingerprint density at radius 1 is 1.19 bits per heavy atom. The van der Waals surface area contributed by atoms with Crippen molar-refractivity contribution in [3.8, 4) is 5.75 Å². The Balaban J connectivity index is 1.56. The number of thioether (sulfide) groups is 1. The molecule has 0 spiro atoms. The Bertz CT molecular complexity index is 1050. The van der Waals surface area contributed by atoms with Gasteiger partial charge in [-0.1, -0.05) is 49.9 Å². The standard InChI is InChI=1S/C23H28FN5O2S/c1-15(2)18-8-10-20(11-9-18)31-14-21-26-27-23(29(21)25)32-16(3)22(30)28(4)13-17-6-5-7-19(24)12-17/h5-12,15-16H,13-14,25H2,1-4H3. The molecule has 0 aliphatic heterocycles. The first-order valence-corrected chi connectivity index (χ1v) is 11.2. The zero-order valence-electron chi connectivity index (χ0n) is 18.7. The molecule has 0 aliphatic rings. The van der Waals surface area contributed by atoms with Crippen molar-refractivity contribution in [1.82, 2.24) is 19.8 Å². The molecule has 2 N–H and O–H groups in total. The summed E-state index contributed by atoms with van der Waals surface area (Å²) in [6.07, 6.45) is 0. The zero-order chi connectivity index (χ0) is 23.3. The predicted octanol–water partition coefficient (Wildman–Crippen LogP) is 3.97. The van der Waals surface area contributed by atoms with Crippen LogP contribution in [0.4, 0.5) is 4.39 Å². The number of aromatic nitrogens is 3. The van der Waals surface area contributed by atoms with Crippen LogP contribution < -0.4 is 10.6 Å². The summed E-state index contributed by atoms with van der Waals surface area (Å²) in [7, 11) is 1.68. The minimum atomic E-state index is -0.447. The van der Waals surface area contributed by atoms with Gasteiger partial charge in [-0.05, 0) is 48.2 Å². The van der Waals surface area contributed by atoms with Crippen LogP contribution in [-0.2, 0) is 17.9 Å². The molecule has 0 saturated carbocycles.